The van der Waals surface area contributed by atoms with Crippen molar-refractivity contribution in [3.05, 3.63) is 44.5 Å². The lowest BCUT2D eigenvalue weighted by molar-refractivity contribution is -0.119. The van der Waals surface area contributed by atoms with E-state index in [-0.39, 0.29) is 11.5 Å². The highest BCUT2D eigenvalue weighted by atomic mass is 35.5. The van der Waals surface area contributed by atoms with Crippen LogP contribution in [0.5, 0.6) is 5.75 Å². The number of ether oxygens (including phenoxy) is 1. The number of thiophene rings is 1. The fraction of sp³-hybridized carbons (Fsp3) is 0.316. The Balaban J connectivity index is 1.96. The number of methoxy groups -OCH3 is 1. The van der Waals surface area contributed by atoms with Gasteiger partial charge in [-0.2, -0.15) is 0 Å². The van der Waals surface area contributed by atoms with E-state index < -0.39 is 6.04 Å². The van der Waals surface area contributed by atoms with Gasteiger partial charge in [0.15, 0.2) is 5.16 Å². The largest absolute Gasteiger partial charge is 0.495 e. The first-order valence-corrected chi connectivity index (χ1v) is 11.0. The van der Waals surface area contributed by atoms with E-state index in [1.54, 1.807) is 25.1 Å². The van der Waals surface area contributed by atoms with E-state index in [1.807, 2.05) is 19.2 Å². The van der Waals surface area contributed by atoms with E-state index in [1.165, 1.54) is 34.8 Å². The highest BCUT2D eigenvalue weighted by Gasteiger charge is 2.23. The molecule has 0 radical (unpaired) electrons. The van der Waals surface area contributed by atoms with Gasteiger partial charge in [0.05, 0.1) is 17.5 Å². The Morgan fingerprint density at radius 3 is 2.79 bits per heavy atom. The van der Waals surface area contributed by atoms with Crippen molar-refractivity contribution in [2.45, 2.75) is 31.5 Å². The molecule has 28 heavy (non-hydrogen) atoms. The fourth-order valence-electron chi connectivity index (χ4n) is 2.79. The van der Waals surface area contributed by atoms with E-state index in [2.05, 4.69) is 10.3 Å². The first kappa shape index (κ1) is 20.7. The molecule has 1 aromatic carbocycles. The zero-order chi connectivity index (χ0) is 20.4. The van der Waals surface area contributed by atoms with Gasteiger partial charge >= 0.3 is 0 Å². The average Bonchev–Trinajstić information content (AvgIpc) is 3.11. The normalized spacial score (nSPS) is 12.2. The van der Waals surface area contributed by atoms with Gasteiger partial charge in [0.2, 0.25) is 5.91 Å². The molecule has 1 N–H and O–H groups in total. The smallest absolute Gasteiger partial charge is 0.263 e. The summed E-state index contributed by atoms with van der Waals surface area (Å²) in [5.74, 6) is 0.193. The molecule has 1 unspecified atom stereocenters. The lowest BCUT2D eigenvalue weighted by Gasteiger charge is -2.18. The van der Waals surface area contributed by atoms with Gasteiger partial charge in [-0.15, -0.1) is 11.3 Å². The predicted octanol–water partition coefficient (Wildman–Crippen LogP) is 4.60. The quantitative estimate of drug-likeness (QED) is 0.450. The maximum Gasteiger partial charge on any atom is 0.263 e. The summed E-state index contributed by atoms with van der Waals surface area (Å²) in [6.45, 7) is 3.72. The number of nitrogens with zero attached hydrogens (tertiary/aromatic N) is 2. The zero-order valence-electron chi connectivity index (χ0n) is 15.9. The molecule has 2 heterocycles. The molecule has 9 heteroatoms. The van der Waals surface area contributed by atoms with Crippen LogP contribution in [0.1, 0.15) is 24.8 Å². The number of benzene rings is 1. The van der Waals surface area contributed by atoms with Gasteiger partial charge in [0.25, 0.3) is 5.56 Å². The van der Waals surface area contributed by atoms with Crippen molar-refractivity contribution in [2.75, 3.05) is 18.7 Å². The number of carbonyl (C=O) groups excluding carboxylic acids is 1. The zero-order valence-corrected chi connectivity index (χ0v) is 18.3. The Bertz CT molecular complexity index is 1090. The Hall–Kier alpha value is -2.03. The third-order valence-electron chi connectivity index (χ3n) is 4.33. The maximum absolute atomic E-state index is 13.1. The van der Waals surface area contributed by atoms with Crippen molar-refractivity contribution in [3.8, 4) is 5.75 Å². The number of rotatable bonds is 6. The van der Waals surface area contributed by atoms with Crippen molar-refractivity contribution in [1.82, 2.24) is 9.55 Å². The number of aryl methyl sites for hydroxylation is 1. The third kappa shape index (κ3) is 3.90. The molecule has 0 bridgehead atoms. The van der Waals surface area contributed by atoms with Gasteiger partial charge in [-0.3, -0.25) is 14.2 Å². The van der Waals surface area contributed by atoms with E-state index in [0.29, 0.717) is 31.8 Å². The summed E-state index contributed by atoms with van der Waals surface area (Å²) in [5, 5.41) is 4.25. The summed E-state index contributed by atoms with van der Waals surface area (Å²) in [5.41, 5.74) is 0.319. The van der Waals surface area contributed by atoms with Crippen LogP contribution in [0.25, 0.3) is 10.2 Å². The topological polar surface area (TPSA) is 73.2 Å². The van der Waals surface area contributed by atoms with Crippen LogP contribution in [-0.2, 0) is 11.2 Å². The first-order valence-electron chi connectivity index (χ1n) is 8.62. The van der Waals surface area contributed by atoms with E-state index in [4.69, 9.17) is 16.3 Å². The molecule has 1 atom stereocenters. The second-order valence-corrected chi connectivity index (χ2v) is 8.37. The standard InChI is InChI=1S/C19H20ClN3O3S2/c1-5-12-9-13-17(28-12)22-19(27-4)23(18(13)25)10(2)16(24)21-11-6-7-15(26-3)14(20)8-11/h6-10H,5H2,1-4H3,(H,21,24). The Kier molecular flexibility index (Phi) is 6.32. The molecule has 6 nitrogen and oxygen atoms in total. The van der Waals surface area contributed by atoms with Crippen LogP contribution in [0.4, 0.5) is 5.69 Å². The molecule has 0 fully saturated rings. The summed E-state index contributed by atoms with van der Waals surface area (Å²) >= 11 is 8.97. The molecular weight excluding hydrogens is 418 g/mol. The van der Waals surface area contributed by atoms with Gasteiger partial charge in [0.1, 0.15) is 16.6 Å². The lowest BCUT2D eigenvalue weighted by atomic mass is 10.2. The molecule has 3 rings (SSSR count). The second kappa shape index (κ2) is 8.55. The van der Waals surface area contributed by atoms with Crippen LogP contribution >= 0.6 is 34.7 Å². The summed E-state index contributed by atoms with van der Waals surface area (Å²) < 4.78 is 6.56. The molecule has 1 amide bonds. The van der Waals surface area contributed by atoms with E-state index in [9.17, 15) is 9.59 Å². The predicted molar refractivity (Wildman–Crippen MR) is 116 cm³/mol. The van der Waals surface area contributed by atoms with Crippen LogP contribution in [0.3, 0.4) is 0 Å². The van der Waals surface area contributed by atoms with Gasteiger partial charge < -0.3 is 10.1 Å². The van der Waals surface area contributed by atoms with Crippen LogP contribution in [0.2, 0.25) is 5.02 Å². The van der Waals surface area contributed by atoms with Crippen LogP contribution in [0, 0.1) is 0 Å². The molecule has 0 saturated heterocycles. The SMILES string of the molecule is CCc1cc2c(=O)n(C(C)C(=O)Nc3ccc(OC)c(Cl)c3)c(SC)nc2s1. The van der Waals surface area contributed by atoms with Gasteiger partial charge in [-0.25, -0.2) is 4.98 Å². The number of nitrogens with one attached hydrogen (secondary N) is 1. The molecule has 0 saturated carbocycles. The van der Waals surface area contributed by atoms with Crippen molar-refractivity contribution in [1.29, 1.82) is 0 Å². The number of fused-ring (bicyclic) bond motifs is 1. The number of hydrogen-bond donors (Lipinski definition) is 1. The number of carbonyl (C=O) groups is 1. The van der Waals surface area contributed by atoms with Crippen LogP contribution < -0.4 is 15.6 Å². The van der Waals surface area contributed by atoms with Gasteiger partial charge in [-0.05, 0) is 43.9 Å². The second-order valence-electron chi connectivity index (χ2n) is 6.07. The Labute approximate surface area is 175 Å². The van der Waals surface area contributed by atoms with Gasteiger partial charge in [0, 0.05) is 10.6 Å². The fourth-order valence-corrected chi connectivity index (χ4v) is 4.69. The Morgan fingerprint density at radius 2 is 2.18 bits per heavy atom. The summed E-state index contributed by atoms with van der Waals surface area (Å²) in [4.78, 5) is 32.3. The number of amides is 1. The molecule has 0 aliphatic carbocycles. The molecule has 3 aromatic rings. The minimum absolute atomic E-state index is 0.208. The summed E-state index contributed by atoms with van der Waals surface area (Å²) in [6, 6.07) is 6.10. The summed E-state index contributed by atoms with van der Waals surface area (Å²) in [7, 11) is 1.52. The Morgan fingerprint density at radius 1 is 1.43 bits per heavy atom. The molecule has 148 valence electrons. The molecule has 0 aliphatic rings. The highest BCUT2D eigenvalue weighted by molar-refractivity contribution is 7.98. The van der Waals surface area contributed by atoms with Gasteiger partial charge in [-0.1, -0.05) is 30.3 Å². The third-order valence-corrected chi connectivity index (χ3v) is 6.45. The number of aromatic nitrogens is 2. The minimum atomic E-state index is -0.738. The van der Waals surface area contributed by atoms with Crippen LogP contribution in [-0.4, -0.2) is 28.8 Å². The number of halogens is 1. The number of thioether (sulfide) groups is 1. The lowest BCUT2D eigenvalue weighted by Crippen LogP contribution is -2.33. The van der Waals surface area contributed by atoms with Crippen molar-refractivity contribution in [3.63, 3.8) is 0 Å². The van der Waals surface area contributed by atoms with E-state index >= 15 is 0 Å². The molecule has 0 spiro atoms. The molecule has 0 aliphatic heterocycles. The van der Waals surface area contributed by atoms with Crippen molar-refractivity contribution in [2.24, 2.45) is 0 Å². The monoisotopic (exact) mass is 437 g/mol. The maximum atomic E-state index is 13.1. The average molecular weight is 438 g/mol. The minimum Gasteiger partial charge on any atom is -0.495 e. The molecule has 2 aromatic heterocycles. The summed E-state index contributed by atoms with van der Waals surface area (Å²) in [6.07, 6.45) is 2.68. The van der Waals surface area contributed by atoms with Crippen molar-refractivity contribution < 1.29 is 9.53 Å². The number of hydrogen-bond acceptors (Lipinski definition) is 6. The van der Waals surface area contributed by atoms with Crippen LogP contribution in [0.15, 0.2) is 34.2 Å². The van der Waals surface area contributed by atoms with Crippen molar-refractivity contribution >= 4 is 56.5 Å². The highest BCUT2D eigenvalue weighted by Crippen LogP contribution is 2.29. The first-order chi connectivity index (χ1) is 13.4. The number of anilines is 1. The molecular formula is C19H20ClN3O3S2. The van der Waals surface area contributed by atoms with E-state index in [0.717, 1.165) is 11.3 Å².